The number of piperazine rings is 1. The van der Waals surface area contributed by atoms with Gasteiger partial charge in [0.05, 0.1) is 4.92 Å². The molecule has 160 valence electrons. The third kappa shape index (κ3) is 4.60. The van der Waals surface area contributed by atoms with E-state index in [9.17, 15) is 10.1 Å². The highest BCUT2D eigenvalue weighted by atomic mass is 35.5. The molecule has 0 bridgehead atoms. The third-order valence-electron chi connectivity index (χ3n) is 5.48. The molecule has 1 fully saturated rings. The Morgan fingerprint density at radius 2 is 1.68 bits per heavy atom. The van der Waals surface area contributed by atoms with E-state index in [2.05, 4.69) is 46.9 Å². The number of aromatic nitrogens is 2. The number of halogens is 1. The molecule has 1 aromatic heterocycles. The van der Waals surface area contributed by atoms with Gasteiger partial charge in [0.25, 0.3) is 0 Å². The predicted octanol–water partition coefficient (Wildman–Crippen LogP) is 5.13. The molecule has 2 aromatic carbocycles. The van der Waals surface area contributed by atoms with Gasteiger partial charge in [0.2, 0.25) is 5.82 Å². The van der Waals surface area contributed by atoms with Gasteiger partial charge in [0, 0.05) is 41.8 Å². The van der Waals surface area contributed by atoms with Gasteiger partial charge < -0.3 is 9.80 Å². The predicted molar refractivity (Wildman–Crippen MR) is 125 cm³/mol. The number of nitro groups is 1. The minimum Gasteiger partial charge on any atom is -0.368 e. The van der Waals surface area contributed by atoms with Crippen LogP contribution in [0.5, 0.6) is 0 Å². The first kappa shape index (κ1) is 21.4. The molecule has 1 aliphatic rings. The van der Waals surface area contributed by atoms with Crippen LogP contribution in [0, 0.1) is 24.0 Å². The molecule has 1 aliphatic heterocycles. The molecule has 0 aliphatic carbocycles. The fourth-order valence-electron chi connectivity index (χ4n) is 3.67. The van der Waals surface area contributed by atoms with Crippen LogP contribution in [0.1, 0.15) is 11.1 Å². The molecule has 31 heavy (non-hydrogen) atoms. The topological polar surface area (TPSA) is 75.4 Å². The summed E-state index contributed by atoms with van der Waals surface area (Å²) in [5, 5.41) is 12.9. The maximum Gasteiger partial charge on any atom is 0.343 e. The number of rotatable bonds is 5. The average molecular weight is 456 g/mol. The van der Waals surface area contributed by atoms with Crippen molar-refractivity contribution in [2.75, 3.05) is 36.0 Å². The summed E-state index contributed by atoms with van der Waals surface area (Å²) in [6, 6.07) is 13.5. The molecule has 1 saturated heterocycles. The number of benzene rings is 2. The molecule has 7 nitrogen and oxygen atoms in total. The average Bonchev–Trinajstić information content (AvgIpc) is 2.77. The van der Waals surface area contributed by atoms with Crippen molar-refractivity contribution >= 4 is 40.6 Å². The van der Waals surface area contributed by atoms with E-state index in [4.69, 9.17) is 11.6 Å². The summed E-state index contributed by atoms with van der Waals surface area (Å²) < 4.78 is 0. The van der Waals surface area contributed by atoms with Crippen LogP contribution in [0.4, 0.5) is 17.2 Å². The van der Waals surface area contributed by atoms with Crippen molar-refractivity contribution in [1.82, 2.24) is 9.97 Å². The highest BCUT2D eigenvalue weighted by Gasteiger charge is 2.30. The molecule has 2 heterocycles. The minimum atomic E-state index is -0.384. The van der Waals surface area contributed by atoms with Crippen LogP contribution in [-0.2, 0) is 0 Å². The summed E-state index contributed by atoms with van der Waals surface area (Å²) >= 11 is 7.19. The van der Waals surface area contributed by atoms with Crippen molar-refractivity contribution < 1.29 is 4.92 Å². The van der Waals surface area contributed by atoms with Crippen LogP contribution >= 0.6 is 23.4 Å². The summed E-state index contributed by atoms with van der Waals surface area (Å²) in [6.07, 6.45) is 1.40. The molecule has 0 atom stereocenters. The van der Waals surface area contributed by atoms with E-state index in [0.717, 1.165) is 18.0 Å². The molecule has 0 amide bonds. The molecular formula is C22H22ClN5O2S. The Kier molecular flexibility index (Phi) is 6.29. The van der Waals surface area contributed by atoms with Gasteiger partial charge >= 0.3 is 5.69 Å². The Morgan fingerprint density at radius 3 is 2.35 bits per heavy atom. The largest absolute Gasteiger partial charge is 0.368 e. The Balaban J connectivity index is 1.56. The van der Waals surface area contributed by atoms with E-state index in [0.29, 0.717) is 29.0 Å². The molecular weight excluding hydrogens is 434 g/mol. The van der Waals surface area contributed by atoms with Crippen LogP contribution in [0.2, 0.25) is 5.02 Å². The number of anilines is 2. The van der Waals surface area contributed by atoms with Gasteiger partial charge in [-0.15, -0.1) is 0 Å². The SMILES string of the molecule is Cc1cccc(N2CCN(c3ncnc(Sc4ccc(Cl)cc4)c3[N+](=O)[O-])CC2)c1C. The molecule has 0 unspecified atom stereocenters. The number of nitrogens with zero attached hydrogens (tertiary/aromatic N) is 5. The van der Waals surface area contributed by atoms with E-state index < -0.39 is 0 Å². The molecule has 3 aromatic rings. The number of aryl methyl sites for hydroxylation is 1. The standard InChI is InChI=1S/C22H22ClN5O2S/c1-15-4-3-5-19(16(15)2)26-10-12-27(13-11-26)21-20(28(29)30)22(25-14-24-21)31-18-8-6-17(23)7-9-18/h3-9,14H,10-13H2,1-2H3. The van der Waals surface area contributed by atoms with Gasteiger partial charge in [-0.05, 0) is 55.3 Å². The number of hydrogen-bond donors (Lipinski definition) is 0. The normalized spacial score (nSPS) is 14.0. The highest BCUT2D eigenvalue weighted by molar-refractivity contribution is 7.99. The van der Waals surface area contributed by atoms with Gasteiger partial charge in [-0.3, -0.25) is 10.1 Å². The second kappa shape index (κ2) is 9.11. The molecule has 0 radical (unpaired) electrons. The summed E-state index contributed by atoms with van der Waals surface area (Å²) in [4.78, 5) is 25.2. The maximum absolute atomic E-state index is 12.0. The van der Waals surface area contributed by atoms with E-state index in [-0.39, 0.29) is 10.6 Å². The van der Waals surface area contributed by atoms with Crippen molar-refractivity contribution in [2.24, 2.45) is 0 Å². The van der Waals surface area contributed by atoms with Crippen LogP contribution < -0.4 is 9.80 Å². The van der Waals surface area contributed by atoms with Crippen LogP contribution in [0.25, 0.3) is 0 Å². The Hall–Kier alpha value is -2.84. The van der Waals surface area contributed by atoms with Crippen molar-refractivity contribution in [3.8, 4) is 0 Å². The lowest BCUT2D eigenvalue weighted by molar-refractivity contribution is -0.387. The van der Waals surface area contributed by atoms with Crippen LogP contribution in [0.15, 0.2) is 58.7 Å². The minimum absolute atomic E-state index is 0.0531. The Bertz CT molecular complexity index is 1100. The lowest BCUT2D eigenvalue weighted by Crippen LogP contribution is -2.47. The van der Waals surface area contributed by atoms with E-state index in [1.165, 1.54) is 34.9 Å². The fourth-order valence-corrected chi connectivity index (χ4v) is 4.66. The molecule has 0 saturated carbocycles. The van der Waals surface area contributed by atoms with Crippen molar-refractivity contribution in [3.05, 3.63) is 75.1 Å². The summed E-state index contributed by atoms with van der Waals surface area (Å²) in [6.45, 7) is 7.08. The van der Waals surface area contributed by atoms with Crippen LogP contribution in [0.3, 0.4) is 0 Å². The van der Waals surface area contributed by atoms with Gasteiger partial charge in [-0.1, -0.05) is 35.5 Å². The van der Waals surface area contributed by atoms with Gasteiger partial charge in [-0.25, -0.2) is 9.97 Å². The fraction of sp³-hybridized carbons (Fsp3) is 0.273. The second-order valence-corrected chi connectivity index (χ2v) is 8.86. The summed E-state index contributed by atoms with van der Waals surface area (Å²) in [5.74, 6) is 0.372. The Morgan fingerprint density at radius 1 is 1.00 bits per heavy atom. The van der Waals surface area contributed by atoms with Crippen molar-refractivity contribution in [1.29, 1.82) is 0 Å². The first-order valence-electron chi connectivity index (χ1n) is 9.93. The highest BCUT2D eigenvalue weighted by Crippen LogP contribution is 2.38. The quantitative estimate of drug-likeness (QED) is 0.299. The zero-order valence-corrected chi connectivity index (χ0v) is 18.9. The monoisotopic (exact) mass is 455 g/mol. The maximum atomic E-state index is 12.0. The summed E-state index contributed by atoms with van der Waals surface area (Å²) in [5.41, 5.74) is 3.69. The van der Waals surface area contributed by atoms with E-state index in [1.54, 1.807) is 12.1 Å². The van der Waals surface area contributed by atoms with Gasteiger partial charge in [-0.2, -0.15) is 0 Å². The molecule has 0 spiro atoms. The third-order valence-corrected chi connectivity index (χ3v) is 6.73. The van der Waals surface area contributed by atoms with Gasteiger partial charge in [0.15, 0.2) is 5.03 Å². The summed E-state index contributed by atoms with van der Waals surface area (Å²) in [7, 11) is 0. The zero-order valence-electron chi connectivity index (χ0n) is 17.3. The first-order valence-corrected chi connectivity index (χ1v) is 11.1. The lowest BCUT2D eigenvalue weighted by Gasteiger charge is -2.37. The second-order valence-electron chi connectivity index (χ2n) is 7.36. The first-order chi connectivity index (χ1) is 14.9. The van der Waals surface area contributed by atoms with Gasteiger partial charge in [0.1, 0.15) is 6.33 Å². The molecule has 4 rings (SSSR count). The van der Waals surface area contributed by atoms with E-state index >= 15 is 0 Å². The molecule has 9 heteroatoms. The van der Waals surface area contributed by atoms with E-state index in [1.807, 2.05) is 17.0 Å². The number of hydrogen-bond acceptors (Lipinski definition) is 7. The lowest BCUT2D eigenvalue weighted by atomic mass is 10.1. The smallest absolute Gasteiger partial charge is 0.343 e. The molecule has 0 N–H and O–H groups in total. The van der Waals surface area contributed by atoms with Crippen molar-refractivity contribution in [2.45, 2.75) is 23.8 Å². The van der Waals surface area contributed by atoms with Crippen LogP contribution in [-0.4, -0.2) is 41.1 Å². The Labute approximate surface area is 190 Å². The van der Waals surface area contributed by atoms with Crippen molar-refractivity contribution in [3.63, 3.8) is 0 Å². The zero-order chi connectivity index (χ0) is 22.0.